The lowest BCUT2D eigenvalue weighted by Crippen LogP contribution is -2.43. The van der Waals surface area contributed by atoms with Gasteiger partial charge < -0.3 is 15.2 Å². The van der Waals surface area contributed by atoms with Crippen molar-refractivity contribution in [2.24, 2.45) is 0 Å². The molecule has 0 aromatic carbocycles. The van der Waals surface area contributed by atoms with Crippen molar-refractivity contribution in [3.63, 3.8) is 0 Å². The number of aliphatic hydroxyl groups is 1. The summed E-state index contributed by atoms with van der Waals surface area (Å²) in [5.41, 5.74) is 0. The number of nitrogens with one attached hydrogen (secondary N) is 1. The van der Waals surface area contributed by atoms with E-state index in [-0.39, 0.29) is 0 Å². The zero-order chi connectivity index (χ0) is 9.56. The first-order chi connectivity index (χ1) is 5.65. The lowest BCUT2D eigenvalue weighted by atomic mass is 10.3. The van der Waals surface area contributed by atoms with Gasteiger partial charge >= 0.3 is 5.97 Å². The second kappa shape index (κ2) is 5.31. The number of aliphatic hydroxyl groups excluding tert-OH is 1. The van der Waals surface area contributed by atoms with Crippen LogP contribution in [0.5, 0.6) is 0 Å². The molecule has 0 radical (unpaired) electrons. The smallest absolute Gasteiger partial charge is 0.330 e. The van der Waals surface area contributed by atoms with Crippen molar-refractivity contribution >= 4 is 11.9 Å². The molecule has 0 aliphatic rings. The molecule has 0 rings (SSSR count). The van der Waals surface area contributed by atoms with Crippen molar-refractivity contribution in [1.29, 1.82) is 0 Å². The van der Waals surface area contributed by atoms with E-state index in [0.717, 1.165) is 6.08 Å². The molecule has 0 bridgehead atoms. The molecule has 1 atom stereocenters. The first kappa shape index (κ1) is 10.6. The Labute approximate surface area is 70.0 Å². The molecule has 0 aromatic rings. The van der Waals surface area contributed by atoms with E-state index < -0.39 is 24.5 Å². The lowest BCUT2D eigenvalue weighted by molar-refractivity contribution is -0.145. The number of hydrogen-bond donors (Lipinski definition) is 2. The summed E-state index contributed by atoms with van der Waals surface area (Å²) in [4.78, 5) is 21.4. The van der Waals surface area contributed by atoms with Gasteiger partial charge in [0.05, 0.1) is 13.7 Å². The van der Waals surface area contributed by atoms with Gasteiger partial charge in [0.1, 0.15) is 0 Å². The highest BCUT2D eigenvalue weighted by Gasteiger charge is 2.18. The SMILES string of the molecule is C=CC(=O)N[C@@H](CO)C(=O)OC. The van der Waals surface area contributed by atoms with Gasteiger partial charge in [-0.2, -0.15) is 0 Å². The second-order valence-electron chi connectivity index (χ2n) is 1.97. The van der Waals surface area contributed by atoms with E-state index in [1.165, 1.54) is 7.11 Å². The van der Waals surface area contributed by atoms with Gasteiger partial charge in [0.25, 0.3) is 0 Å². The molecule has 2 N–H and O–H groups in total. The summed E-state index contributed by atoms with van der Waals surface area (Å²) < 4.78 is 4.30. The van der Waals surface area contributed by atoms with Gasteiger partial charge in [-0.25, -0.2) is 4.79 Å². The van der Waals surface area contributed by atoms with Crippen LogP contribution in [0.15, 0.2) is 12.7 Å². The fraction of sp³-hybridized carbons (Fsp3) is 0.429. The number of carbonyl (C=O) groups excluding carboxylic acids is 2. The molecule has 0 saturated carbocycles. The van der Waals surface area contributed by atoms with Crippen LogP contribution in [0.1, 0.15) is 0 Å². The summed E-state index contributed by atoms with van der Waals surface area (Å²) in [5.74, 6) is -1.22. The Bertz CT molecular complexity index is 190. The molecular weight excluding hydrogens is 162 g/mol. The summed E-state index contributed by atoms with van der Waals surface area (Å²) in [7, 11) is 1.17. The largest absolute Gasteiger partial charge is 0.467 e. The monoisotopic (exact) mass is 173 g/mol. The maximum absolute atomic E-state index is 10.8. The van der Waals surface area contributed by atoms with Crippen LogP contribution < -0.4 is 5.32 Å². The predicted octanol–water partition coefficient (Wildman–Crippen LogP) is -1.18. The Hall–Kier alpha value is -1.36. The van der Waals surface area contributed by atoms with Crippen molar-refractivity contribution in [2.45, 2.75) is 6.04 Å². The summed E-state index contributed by atoms with van der Waals surface area (Å²) in [5, 5.41) is 10.8. The van der Waals surface area contributed by atoms with Crippen molar-refractivity contribution < 1.29 is 19.4 Å². The molecule has 0 aromatic heterocycles. The Kier molecular flexibility index (Phi) is 4.71. The Morgan fingerprint density at radius 1 is 1.75 bits per heavy atom. The summed E-state index contributed by atoms with van der Waals surface area (Å²) in [6.07, 6.45) is 1.01. The minimum absolute atomic E-state index is 0.494. The van der Waals surface area contributed by atoms with E-state index in [1.807, 2.05) is 0 Å². The second-order valence-corrected chi connectivity index (χ2v) is 1.97. The molecule has 5 heteroatoms. The van der Waals surface area contributed by atoms with Gasteiger partial charge in [-0.3, -0.25) is 4.79 Å². The fourth-order valence-corrected chi connectivity index (χ4v) is 0.552. The van der Waals surface area contributed by atoms with Crippen molar-refractivity contribution in [3.05, 3.63) is 12.7 Å². The molecular formula is C7H11NO4. The van der Waals surface area contributed by atoms with Crippen LogP contribution in [-0.4, -0.2) is 36.7 Å². The number of methoxy groups -OCH3 is 1. The standard InChI is InChI=1S/C7H11NO4/c1-3-6(10)8-5(4-9)7(11)12-2/h3,5,9H,1,4H2,2H3,(H,8,10)/t5-/m0/s1. The molecule has 5 nitrogen and oxygen atoms in total. The van der Waals surface area contributed by atoms with E-state index in [0.29, 0.717) is 0 Å². The van der Waals surface area contributed by atoms with Crippen LogP contribution in [0.4, 0.5) is 0 Å². The van der Waals surface area contributed by atoms with Crippen LogP contribution in [-0.2, 0) is 14.3 Å². The summed E-state index contributed by atoms with van der Waals surface area (Å²) in [6, 6.07) is -1.01. The highest BCUT2D eigenvalue weighted by Crippen LogP contribution is 1.86. The third-order valence-electron chi connectivity index (χ3n) is 1.17. The maximum atomic E-state index is 10.8. The van der Waals surface area contributed by atoms with Crippen LogP contribution >= 0.6 is 0 Å². The highest BCUT2D eigenvalue weighted by molar-refractivity contribution is 5.91. The average Bonchev–Trinajstić information content (AvgIpc) is 2.12. The molecule has 0 saturated heterocycles. The van der Waals surface area contributed by atoms with Gasteiger partial charge in [0.15, 0.2) is 6.04 Å². The number of rotatable bonds is 4. The third-order valence-corrected chi connectivity index (χ3v) is 1.17. The normalized spacial score (nSPS) is 11.5. The van der Waals surface area contributed by atoms with Crippen molar-refractivity contribution in [2.75, 3.05) is 13.7 Å². The van der Waals surface area contributed by atoms with Gasteiger partial charge in [0.2, 0.25) is 5.91 Å². The van der Waals surface area contributed by atoms with Gasteiger partial charge in [-0.05, 0) is 6.08 Å². The average molecular weight is 173 g/mol. The molecule has 0 aliphatic heterocycles. The number of amides is 1. The Morgan fingerprint density at radius 2 is 2.33 bits per heavy atom. The number of esters is 1. The maximum Gasteiger partial charge on any atom is 0.330 e. The fourth-order valence-electron chi connectivity index (χ4n) is 0.552. The minimum atomic E-state index is -1.01. The van der Waals surface area contributed by atoms with E-state index in [9.17, 15) is 9.59 Å². The molecule has 0 fully saturated rings. The zero-order valence-corrected chi connectivity index (χ0v) is 6.74. The topological polar surface area (TPSA) is 75.6 Å². The third kappa shape index (κ3) is 3.16. The van der Waals surface area contributed by atoms with Crippen LogP contribution in [0.2, 0.25) is 0 Å². The number of carbonyl (C=O) groups is 2. The Morgan fingerprint density at radius 3 is 2.67 bits per heavy atom. The lowest BCUT2D eigenvalue weighted by Gasteiger charge is -2.11. The molecule has 1 amide bonds. The minimum Gasteiger partial charge on any atom is -0.467 e. The number of hydrogen-bond acceptors (Lipinski definition) is 4. The molecule has 0 unspecified atom stereocenters. The van der Waals surface area contributed by atoms with Gasteiger partial charge in [-0.15, -0.1) is 0 Å². The predicted molar refractivity (Wildman–Crippen MR) is 41.2 cm³/mol. The molecule has 0 spiro atoms. The summed E-state index contributed by atoms with van der Waals surface area (Å²) in [6.45, 7) is 2.69. The molecule has 68 valence electrons. The molecule has 0 aliphatic carbocycles. The molecule has 12 heavy (non-hydrogen) atoms. The first-order valence-corrected chi connectivity index (χ1v) is 3.27. The highest BCUT2D eigenvalue weighted by atomic mass is 16.5. The zero-order valence-electron chi connectivity index (χ0n) is 6.74. The van der Waals surface area contributed by atoms with E-state index in [4.69, 9.17) is 5.11 Å². The van der Waals surface area contributed by atoms with E-state index >= 15 is 0 Å². The summed E-state index contributed by atoms with van der Waals surface area (Å²) >= 11 is 0. The number of ether oxygens (including phenoxy) is 1. The van der Waals surface area contributed by atoms with E-state index in [1.54, 1.807) is 0 Å². The Balaban J connectivity index is 4.07. The quantitative estimate of drug-likeness (QED) is 0.414. The first-order valence-electron chi connectivity index (χ1n) is 3.27. The van der Waals surface area contributed by atoms with Gasteiger partial charge in [0, 0.05) is 0 Å². The molecule has 0 heterocycles. The van der Waals surface area contributed by atoms with Crippen LogP contribution in [0.3, 0.4) is 0 Å². The van der Waals surface area contributed by atoms with Crippen molar-refractivity contribution in [3.8, 4) is 0 Å². The van der Waals surface area contributed by atoms with E-state index in [2.05, 4.69) is 16.6 Å². The van der Waals surface area contributed by atoms with Crippen LogP contribution in [0.25, 0.3) is 0 Å². The van der Waals surface area contributed by atoms with Crippen molar-refractivity contribution in [1.82, 2.24) is 5.32 Å². The van der Waals surface area contributed by atoms with Crippen LogP contribution in [0, 0.1) is 0 Å². The van der Waals surface area contributed by atoms with Gasteiger partial charge in [-0.1, -0.05) is 6.58 Å².